The zero-order valence-electron chi connectivity index (χ0n) is 19.4. The summed E-state index contributed by atoms with van der Waals surface area (Å²) in [4.78, 5) is 14.0. The van der Waals surface area contributed by atoms with E-state index < -0.39 is 5.60 Å². The van der Waals surface area contributed by atoms with E-state index in [-0.39, 0.29) is 24.4 Å². The molecule has 0 unspecified atom stereocenters. The van der Waals surface area contributed by atoms with Crippen LogP contribution in [0.3, 0.4) is 0 Å². The Morgan fingerprint density at radius 1 is 0.969 bits per heavy atom. The fraction of sp³-hybridized carbons (Fsp3) is 0.538. The van der Waals surface area contributed by atoms with Crippen molar-refractivity contribution in [2.24, 2.45) is 0 Å². The van der Waals surface area contributed by atoms with Crippen molar-refractivity contribution < 1.29 is 23.6 Å². The van der Waals surface area contributed by atoms with E-state index in [9.17, 15) is 4.79 Å². The van der Waals surface area contributed by atoms with Gasteiger partial charge in [-0.1, -0.05) is 30.3 Å². The number of hydrogen-bond acceptors (Lipinski definition) is 4. The first-order chi connectivity index (χ1) is 15.3. The lowest BCUT2D eigenvalue weighted by Gasteiger charge is -2.40. The second-order valence-corrected chi connectivity index (χ2v) is 9.83. The molecule has 4 rings (SSSR count). The van der Waals surface area contributed by atoms with Gasteiger partial charge in [0, 0.05) is 43.6 Å². The van der Waals surface area contributed by atoms with E-state index >= 15 is 0 Å². The number of benzene rings is 1. The number of carbonyl (C=O) groups excluding carboxylic acids is 1. The average molecular weight is 440 g/mol. The summed E-state index contributed by atoms with van der Waals surface area (Å²) in [5.41, 5.74) is 0.828. The quantitative estimate of drug-likeness (QED) is 0.628. The molecule has 1 aromatic carbocycles. The molecule has 0 spiro atoms. The Balaban J connectivity index is 1.14. The SMILES string of the molecule is CC(C)(C)OC(=O)N1CCC(OC2CC(Oc3cc[n+](Cc4ccccc4)cc3)C2)CC1. The average Bonchev–Trinajstić information content (AvgIpc) is 2.73. The standard InChI is InChI=1S/C26H35N2O4/c1-26(2,3)32-25(29)28-15-11-22(12-16-28)31-24-17-23(18-24)30-21-9-13-27(14-10-21)19-20-7-5-4-6-8-20/h4-10,13-14,22-24H,11-12,15-19H2,1-3H3/q+1. The molecule has 2 heterocycles. The van der Waals surface area contributed by atoms with Crippen molar-refractivity contribution in [3.63, 3.8) is 0 Å². The van der Waals surface area contributed by atoms with Gasteiger partial charge in [0.1, 0.15) is 17.5 Å². The van der Waals surface area contributed by atoms with Crippen LogP contribution in [0.5, 0.6) is 5.75 Å². The summed E-state index contributed by atoms with van der Waals surface area (Å²) in [6, 6.07) is 14.5. The molecule has 1 aliphatic carbocycles. The largest absolute Gasteiger partial charge is 0.490 e. The van der Waals surface area contributed by atoms with E-state index in [4.69, 9.17) is 14.2 Å². The third kappa shape index (κ3) is 6.45. The van der Waals surface area contributed by atoms with Gasteiger partial charge in [0.15, 0.2) is 18.9 Å². The van der Waals surface area contributed by atoms with Crippen LogP contribution in [0.15, 0.2) is 54.9 Å². The molecule has 1 amide bonds. The summed E-state index contributed by atoms with van der Waals surface area (Å²) in [6.07, 6.45) is 8.16. The number of carbonyl (C=O) groups is 1. The van der Waals surface area contributed by atoms with Gasteiger partial charge in [-0.15, -0.1) is 0 Å². The zero-order chi connectivity index (χ0) is 22.6. The van der Waals surface area contributed by atoms with Gasteiger partial charge in [-0.2, -0.15) is 0 Å². The molecule has 0 atom stereocenters. The van der Waals surface area contributed by atoms with Crippen molar-refractivity contribution in [3.05, 3.63) is 60.4 Å². The fourth-order valence-corrected chi connectivity index (χ4v) is 4.11. The summed E-state index contributed by atoms with van der Waals surface area (Å²) in [5, 5.41) is 0. The molecular formula is C26H35N2O4+. The second kappa shape index (κ2) is 9.90. The molecule has 1 saturated heterocycles. The summed E-state index contributed by atoms with van der Waals surface area (Å²) in [6.45, 7) is 7.93. The molecule has 0 radical (unpaired) electrons. The fourth-order valence-electron chi connectivity index (χ4n) is 4.11. The molecule has 32 heavy (non-hydrogen) atoms. The highest BCUT2D eigenvalue weighted by Gasteiger charge is 2.35. The predicted molar refractivity (Wildman–Crippen MR) is 122 cm³/mol. The molecule has 1 saturated carbocycles. The molecule has 1 aliphatic heterocycles. The van der Waals surface area contributed by atoms with Gasteiger partial charge in [-0.05, 0) is 33.6 Å². The summed E-state index contributed by atoms with van der Waals surface area (Å²) in [7, 11) is 0. The molecule has 6 heteroatoms. The molecule has 172 valence electrons. The van der Waals surface area contributed by atoms with E-state index in [2.05, 4.69) is 41.2 Å². The van der Waals surface area contributed by atoms with Crippen LogP contribution < -0.4 is 9.30 Å². The van der Waals surface area contributed by atoms with Gasteiger partial charge in [0.2, 0.25) is 0 Å². The molecule has 0 bridgehead atoms. The number of hydrogen-bond donors (Lipinski definition) is 0. The van der Waals surface area contributed by atoms with Crippen molar-refractivity contribution in [3.8, 4) is 5.75 Å². The molecular weight excluding hydrogens is 404 g/mol. The third-order valence-corrected chi connectivity index (χ3v) is 5.90. The Morgan fingerprint density at radius 2 is 1.62 bits per heavy atom. The van der Waals surface area contributed by atoms with Crippen molar-refractivity contribution in [1.29, 1.82) is 0 Å². The van der Waals surface area contributed by atoms with Crippen LogP contribution >= 0.6 is 0 Å². The van der Waals surface area contributed by atoms with Crippen LogP contribution in [0, 0.1) is 0 Å². The van der Waals surface area contributed by atoms with Gasteiger partial charge in [-0.25, -0.2) is 9.36 Å². The Kier molecular flexibility index (Phi) is 6.99. The van der Waals surface area contributed by atoms with E-state index in [1.807, 2.05) is 39.0 Å². The monoisotopic (exact) mass is 439 g/mol. The number of likely N-dealkylation sites (tertiary alicyclic amines) is 1. The van der Waals surface area contributed by atoms with E-state index in [0.29, 0.717) is 13.1 Å². The Bertz CT molecular complexity index is 865. The predicted octanol–water partition coefficient (Wildman–Crippen LogP) is 4.35. The second-order valence-electron chi connectivity index (χ2n) is 9.83. The first-order valence-electron chi connectivity index (χ1n) is 11.7. The number of nitrogens with zero attached hydrogens (tertiary/aromatic N) is 2. The smallest absolute Gasteiger partial charge is 0.410 e. The highest BCUT2D eigenvalue weighted by atomic mass is 16.6. The number of pyridine rings is 1. The van der Waals surface area contributed by atoms with E-state index in [1.165, 1.54) is 5.56 Å². The van der Waals surface area contributed by atoms with Gasteiger partial charge >= 0.3 is 6.09 Å². The highest BCUT2D eigenvalue weighted by Crippen LogP contribution is 2.30. The van der Waals surface area contributed by atoms with Crippen LogP contribution in [-0.2, 0) is 16.0 Å². The maximum atomic E-state index is 12.2. The van der Waals surface area contributed by atoms with Crippen LogP contribution in [0.25, 0.3) is 0 Å². The first-order valence-corrected chi connectivity index (χ1v) is 11.7. The van der Waals surface area contributed by atoms with Gasteiger partial charge in [0.05, 0.1) is 12.2 Å². The zero-order valence-corrected chi connectivity index (χ0v) is 19.4. The molecule has 6 nitrogen and oxygen atoms in total. The number of amides is 1. The molecule has 2 aromatic rings. The maximum absolute atomic E-state index is 12.2. The van der Waals surface area contributed by atoms with Crippen molar-refractivity contribution in [1.82, 2.24) is 4.90 Å². The minimum atomic E-state index is -0.452. The van der Waals surface area contributed by atoms with E-state index in [0.717, 1.165) is 38.0 Å². The van der Waals surface area contributed by atoms with Crippen molar-refractivity contribution in [2.75, 3.05) is 13.1 Å². The molecule has 2 fully saturated rings. The van der Waals surface area contributed by atoms with Crippen LogP contribution in [0.4, 0.5) is 4.79 Å². The number of rotatable bonds is 6. The van der Waals surface area contributed by atoms with Gasteiger partial charge in [-0.3, -0.25) is 0 Å². The van der Waals surface area contributed by atoms with Crippen molar-refractivity contribution in [2.45, 2.75) is 76.9 Å². The molecule has 2 aliphatic rings. The minimum absolute atomic E-state index is 0.215. The Hall–Kier alpha value is -2.60. The van der Waals surface area contributed by atoms with Crippen LogP contribution in [0.1, 0.15) is 52.0 Å². The number of ether oxygens (including phenoxy) is 3. The number of aromatic nitrogens is 1. The third-order valence-electron chi connectivity index (χ3n) is 5.90. The summed E-state index contributed by atoms with van der Waals surface area (Å²) < 4.78 is 20.0. The summed E-state index contributed by atoms with van der Waals surface area (Å²) >= 11 is 0. The first kappa shape index (κ1) is 22.6. The lowest BCUT2D eigenvalue weighted by Crippen LogP contribution is -2.46. The normalized spacial score (nSPS) is 21.7. The Morgan fingerprint density at radius 3 is 2.25 bits per heavy atom. The topological polar surface area (TPSA) is 51.9 Å². The van der Waals surface area contributed by atoms with Crippen LogP contribution in [-0.4, -0.2) is 48.0 Å². The maximum Gasteiger partial charge on any atom is 0.410 e. The summed E-state index contributed by atoms with van der Waals surface area (Å²) in [5.74, 6) is 0.906. The Labute approximate surface area is 191 Å². The van der Waals surface area contributed by atoms with E-state index in [1.54, 1.807) is 4.90 Å². The lowest BCUT2D eigenvalue weighted by molar-refractivity contribution is -0.688. The van der Waals surface area contributed by atoms with Crippen molar-refractivity contribution >= 4 is 6.09 Å². The van der Waals surface area contributed by atoms with Gasteiger partial charge in [0.25, 0.3) is 0 Å². The van der Waals surface area contributed by atoms with Crippen LogP contribution in [0.2, 0.25) is 0 Å². The highest BCUT2D eigenvalue weighted by molar-refractivity contribution is 5.68. The van der Waals surface area contributed by atoms with Gasteiger partial charge < -0.3 is 19.1 Å². The number of piperidine rings is 1. The molecule has 1 aromatic heterocycles. The molecule has 0 N–H and O–H groups in total. The minimum Gasteiger partial charge on any atom is -0.490 e. The lowest BCUT2D eigenvalue weighted by atomic mass is 9.91.